The lowest BCUT2D eigenvalue weighted by Gasteiger charge is -2.28. The number of hydrogen-bond donors (Lipinski definition) is 2. The van der Waals surface area contributed by atoms with Crippen LogP contribution in [0.2, 0.25) is 0 Å². The molecule has 1 atom stereocenters. The van der Waals surface area contributed by atoms with Crippen molar-refractivity contribution < 1.29 is 4.74 Å². The zero-order valence-electron chi connectivity index (χ0n) is 13.0. The van der Waals surface area contributed by atoms with Gasteiger partial charge in [0, 0.05) is 25.1 Å². The number of hydrogen-bond acceptors (Lipinski definition) is 2. The lowest BCUT2D eigenvalue weighted by Crippen LogP contribution is -2.41. The van der Waals surface area contributed by atoms with E-state index in [1.807, 2.05) is 12.1 Å². The molecule has 0 aromatic heterocycles. The summed E-state index contributed by atoms with van der Waals surface area (Å²) in [6, 6.07) is 8.54. The fourth-order valence-corrected chi connectivity index (χ4v) is 2.62. The van der Waals surface area contributed by atoms with Crippen LogP contribution < -0.4 is 15.4 Å². The van der Waals surface area contributed by atoms with Crippen molar-refractivity contribution in [2.75, 3.05) is 19.7 Å². The zero-order chi connectivity index (χ0) is 14.7. The van der Waals surface area contributed by atoms with Crippen LogP contribution >= 0.6 is 0 Å². The van der Waals surface area contributed by atoms with Crippen molar-refractivity contribution in [3.63, 3.8) is 0 Å². The molecule has 0 spiro atoms. The van der Waals surface area contributed by atoms with Gasteiger partial charge >= 0.3 is 0 Å². The normalized spacial score (nSPS) is 23.0. The molecule has 4 heteroatoms. The minimum atomic E-state index is 0.278. The SMILES string of the molecule is CCNC(=NCC1(C)CC1)NC1CCOc2ccccc21. The molecule has 1 heterocycles. The third-order valence-electron chi connectivity index (χ3n) is 4.34. The van der Waals surface area contributed by atoms with Crippen molar-refractivity contribution in [1.29, 1.82) is 0 Å². The second kappa shape index (κ2) is 5.96. The Hall–Kier alpha value is -1.71. The Labute approximate surface area is 127 Å². The first-order valence-electron chi connectivity index (χ1n) is 7.97. The maximum Gasteiger partial charge on any atom is 0.191 e. The molecule has 1 aromatic rings. The van der Waals surface area contributed by atoms with Gasteiger partial charge in [-0.05, 0) is 31.2 Å². The summed E-state index contributed by atoms with van der Waals surface area (Å²) in [5, 5.41) is 6.93. The van der Waals surface area contributed by atoms with E-state index in [0.717, 1.165) is 37.8 Å². The number of ether oxygens (including phenoxy) is 1. The fraction of sp³-hybridized carbons (Fsp3) is 0.588. The molecule has 0 amide bonds. The lowest BCUT2D eigenvalue weighted by molar-refractivity contribution is 0.261. The summed E-state index contributed by atoms with van der Waals surface area (Å²) in [7, 11) is 0. The minimum Gasteiger partial charge on any atom is -0.493 e. The molecule has 1 unspecified atom stereocenters. The second-order valence-corrected chi connectivity index (χ2v) is 6.38. The molecule has 2 aliphatic rings. The smallest absolute Gasteiger partial charge is 0.191 e. The Morgan fingerprint density at radius 1 is 1.38 bits per heavy atom. The highest BCUT2D eigenvalue weighted by Crippen LogP contribution is 2.45. The third kappa shape index (κ3) is 3.49. The summed E-state index contributed by atoms with van der Waals surface area (Å²) in [6.45, 7) is 6.96. The first-order chi connectivity index (χ1) is 10.2. The van der Waals surface area contributed by atoms with Gasteiger partial charge in [0.2, 0.25) is 0 Å². The van der Waals surface area contributed by atoms with Crippen LogP contribution in [0.3, 0.4) is 0 Å². The predicted molar refractivity (Wildman–Crippen MR) is 85.8 cm³/mol. The summed E-state index contributed by atoms with van der Waals surface area (Å²) in [5.41, 5.74) is 1.67. The van der Waals surface area contributed by atoms with Crippen LogP contribution in [0.15, 0.2) is 29.3 Å². The van der Waals surface area contributed by atoms with Crippen molar-refractivity contribution in [2.24, 2.45) is 10.4 Å². The van der Waals surface area contributed by atoms with Crippen LogP contribution in [0.1, 0.15) is 44.7 Å². The topological polar surface area (TPSA) is 45.7 Å². The first kappa shape index (κ1) is 14.2. The number of rotatable bonds is 4. The molecule has 1 aromatic carbocycles. The number of benzene rings is 1. The van der Waals surface area contributed by atoms with Crippen molar-refractivity contribution in [3.05, 3.63) is 29.8 Å². The number of nitrogens with one attached hydrogen (secondary N) is 2. The molecule has 114 valence electrons. The average molecular weight is 287 g/mol. The van der Waals surface area contributed by atoms with E-state index in [0.29, 0.717) is 5.41 Å². The first-order valence-corrected chi connectivity index (χ1v) is 7.97. The van der Waals surface area contributed by atoms with Crippen LogP contribution in [0.5, 0.6) is 5.75 Å². The molecular weight excluding hydrogens is 262 g/mol. The number of aliphatic imine (C=N–C) groups is 1. The van der Waals surface area contributed by atoms with E-state index >= 15 is 0 Å². The zero-order valence-corrected chi connectivity index (χ0v) is 13.0. The van der Waals surface area contributed by atoms with E-state index in [9.17, 15) is 0 Å². The van der Waals surface area contributed by atoms with Crippen LogP contribution in [-0.2, 0) is 0 Å². The molecule has 0 bridgehead atoms. The van der Waals surface area contributed by atoms with Gasteiger partial charge in [-0.25, -0.2) is 0 Å². The van der Waals surface area contributed by atoms with Gasteiger partial charge in [0.1, 0.15) is 5.75 Å². The molecular formula is C17H25N3O. The summed E-state index contributed by atoms with van der Waals surface area (Å²) in [5.74, 6) is 1.92. The quantitative estimate of drug-likeness (QED) is 0.661. The highest BCUT2D eigenvalue weighted by molar-refractivity contribution is 5.80. The largest absolute Gasteiger partial charge is 0.493 e. The average Bonchev–Trinajstić information content (AvgIpc) is 3.24. The Morgan fingerprint density at radius 3 is 2.95 bits per heavy atom. The van der Waals surface area contributed by atoms with Crippen molar-refractivity contribution in [1.82, 2.24) is 10.6 Å². The van der Waals surface area contributed by atoms with E-state index in [2.05, 4.69) is 36.6 Å². The minimum absolute atomic E-state index is 0.278. The molecule has 0 radical (unpaired) electrons. The Balaban J connectivity index is 1.71. The van der Waals surface area contributed by atoms with Gasteiger partial charge < -0.3 is 15.4 Å². The fourth-order valence-electron chi connectivity index (χ4n) is 2.62. The predicted octanol–water partition coefficient (Wildman–Crippen LogP) is 2.87. The number of fused-ring (bicyclic) bond motifs is 1. The molecule has 4 nitrogen and oxygen atoms in total. The molecule has 1 aliphatic heterocycles. The van der Waals surface area contributed by atoms with Gasteiger partial charge in [-0.2, -0.15) is 0 Å². The van der Waals surface area contributed by atoms with Gasteiger partial charge in [-0.1, -0.05) is 25.1 Å². The van der Waals surface area contributed by atoms with Crippen LogP contribution in [0, 0.1) is 5.41 Å². The Bertz CT molecular complexity index is 523. The Kier molecular flexibility index (Phi) is 4.04. The second-order valence-electron chi connectivity index (χ2n) is 6.38. The number of nitrogens with zero attached hydrogens (tertiary/aromatic N) is 1. The van der Waals surface area contributed by atoms with E-state index in [4.69, 9.17) is 9.73 Å². The highest BCUT2D eigenvalue weighted by Gasteiger charge is 2.37. The monoisotopic (exact) mass is 287 g/mol. The van der Waals surface area contributed by atoms with Crippen molar-refractivity contribution in [3.8, 4) is 5.75 Å². The number of guanidine groups is 1. The molecule has 1 fully saturated rings. The molecule has 21 heavy (non-hydrogen) atoms. The summed E-state index contributed by atoms with van der Waals surface area (Å²) < 4.78 is 5.72. The summed E-state index contributed by atoms with van der Waals surface area (Å²) in [4.78, 5) is 4.77. The van der Waals surface area contributed by atoms with Gasteiger partial charge in [0.15, 0.2) is 5.96 Å². The molecule has 0 saturated heterocycles. The van der Waals surface area contributed by atoms with E-state index in [1.54, 1.807) is 0 Å². The van der Waals surface area contributed by atoms with Crippen molar-refractivity contribution >= 4 is 5.96 Å². The molecule has 2 N–H and O–H groups in total. The summed E-state index contributed by atoms with van der Waals surface area (Å²) >= 11 is 0. The van der Waals surface area contributed by atoms with Crippen LogP contribution in [-0.4, -0.2) is 25.7 Å². The lowest BCUT2D eigenvalue weighted by atomic mass is 10.0. The van der Waals surface area contributed by atoms with Crippen LogP contribution in [0.25, 0.3) is 0 Å². The third-order valence-corrected chi connectivity index (χ3v) is 4.34. The molecule has 1 aliphatic carbocycles. The van der Waals surface area contributed by atoms with Gasteiger partial charge in [-0.3, -0.25) is 4.99 Å². The van der Waals surface area contributed by atoms with Crippen LogP contribution in [0.4, 0.5) is 0 Å². The van der Waals surface area contributed by atoms with E-state index in [-0.39, 0.29) is 6.04 Å². The number of para-hydroxylation sites is 1. The highest BCUT2D eigenvalue weighted by atomic mass is 16.5. The maximum absolute atomic E-state index is 5.72. The summed E-state index contributed by atoms with van der Waals surface area (Å²) in [6.07, 6.45) is 3.57. The van der Waals surface area contributed by atoms with Crippen molar-refractivity contribution in [2.45, 2.75) is 39.2 Å². The van der Waals surface area contributed by atoms with E-state index in [1.165, 1.54) is 18.4 Å². The maximum atomic E-state index is 5.72. The van der Waals surface area contributed by atoms with Gasteiger partial charge in [0.05, 0.1) is 12.6 Å². The molecule has 1 saturated carbocycles. The standard InChI is InChI=1S/C17H25N3O/c1-3-18-16(19-12-17(2)9-10-17)20-14-8-11-21-15-7-5-4-6-13(14)15/h4-7,14H,3,8-12H2,1-2H3,(H2,18,19,20). The molecule has 3 rings (SSSR count). The van der Waals surface area contributed by atoms with Gasteiger partial charge in [-0.15, -0.1) is 0 Å². The van der Waals surface area contributed by atoms with Gasteiger partial charge in [0.25, 0.3) is 0 Å². The van der Waals surface area contributed by atoms with E-state index < -0.39 is 0 Å². The Morgan fingerprint density at radius 2 is 2.19 bits per heavy atom.